The van der Waals surface area contributed by atoms with Gasteiger partial charge in [-0.25, -0.2) is 0 Å². The first-order valence-corrected chi connectivity index (χ1v) is 13.6. The zero-order valence-electron chi connectivity index (χ0n) is 23.8. The summed E-state index contributed by atoms with van der Waals surface area (Å²) in [6, 6.07) is 8.35. The lowest BCUT2D eigenvalue weighted by Crippen LogP contribution is -2.41. The summed E-state index contributed by atoms with van der Waals surface area (Å²) in [6.07, 6.45) is 7.97. The van der Waals surface area contributed by atoms with E-state index in [0.29, 0.717) is 29.4 Å². The maximum absolute atomic E-state index is 12.5. The Morgan fingerprint density at radius 1 is 1.19 bits per heavy atom. The molecule has 1 aromatic carbocycles. The minimum Gasteiger partial charge on any atom is -0.483 e. The number of nitrogens with two attached hydrogens (primary N) is 1. The van der Waals surface area contributed by atoms with Gasteiger partial charge in [-0.05, 0) is 42.2 Å². The Morgan fingerprint density at radius 2 is 1.90 bits per heavy atom. The predicted molar refractivity (Wildman–Crippen MR) is 160 cm³/mol. The Morgan fingerprint density at radius 3 is 2.52 bits per heavy atom. The molecule has 12 heteroatoms. The van der Waals surface area contributed by atoms with E-state index in [1.807, 2.05) is 44.2 Å². The van der Waals surface area contributed by atoms with Crippen LogP contribution in [0.15, 0.2) is 59.7 Å². The van der Waals surface area contributed by atoms with E-state index in [4.69, 9.17) is 31.8 Å². The van der Waals surface area contributed by atoms with E-state index in [1.165, 1.54) is 0 Å². The highest BCUT2D eigenvalue weighted by molar-refractivity contribution is 6.30. The largest absolute Gasteiger partial charge is 0.483 e. The van der Waals surface area contributed by atoms with Crippen molar-refractivity contribution in [1.29, 1.82) is 0 Å². The third kappa shape index (κ3) is 16.6. The highest BCUT2D eigenvalue weighted by Gasteiger charge is 2.21. The zero-order chi connectivity index (χ0) is 31.8. The van der Waals surface area contributed by atoms with Crippen LogP contribution >= 0.6 is 11.6 Å². The molecule has 11 nitrogen and oxygen atoms in total. The fraction of sp³-hybridized carbons (Fsp3) is 0.333. The van der Waals surface area contributed by atoms with Gasteiger partial charge in [-0.2, -0.15) is 0 Å². The second-order valence-corrected chi connectivity index (χ2v) is 8.62. The highest BCUT2D eigenvalue weighted by atomic mass is 35.5. The Labute approximate surface area is 250 Å². The van der Waals surface area contributed by atoms with Crippen molar-refractivity contribution < 1.29 is 38.3 Å². The Balaban J connectivity index is 0.00000315. The minimum absolute atomic E-state index is 0.0675. The first-order chi connectivity index (χ1) is 20.2. The number of hydrogen-bond donors (Lipinski definition) is 3. The zero-order valence-corrected chi connectivity index (χ0v) is 24.5. The molecule has 0 saturated heterocycles. The Bertz CT molecular complexity index is 1210. The van der Waals surface area contributed by atoms with Gasteiger partial charge in [0.15, 0.2) is 5.78 Å². The lowest BCUT2D eigenvalue weighted by molar-refractivity contribution is -0.130. The number of Topliss-reactive ketones (excluding diaryl/α,β-unsaturated/α-hetero) is 1. The van der Waals surface area contributed by atoms with E-state index in [-0.39, 0.29) is 56.9 Å². The number of carbonyl (C=O) groups excluding carboxylic acids is 4. The maximum atomic E-state index is 12.5. The van der Waals surface area contributed by atoms with Crippen molar-refractivity contribution in [3.8, 4) is 0 Å². The maximum Gasteiger partial charge on any atom is 0.293 e. The van der Waals surface area contributed by atoms with E-state index in [2.05, 4.69) is 21.8 Å². The van der Waals surface area contributed by atoms with Gasteiger partial charge in [0, 0.05) is 36.8 Å². The standard InChI is InChI=1S/C27H30ClN3O6.C2H6.CH2O2/c1-2-19(20-7-3-8-21(28)16-20)6-4-9-22-17-23(37-31-22)11-14-27(35)30-24(10-5-15-36-18-32)25(33)12-13-26(29)34;1-2;2-1-3/h2-4,6-9,16-18,24H,1,5,10-15H2,(H2,29,34)(H,30,35);1-2H3;1H,(H,2,3)/b9-4+,19-6+;;/t24-;;/m0../s1. The average Bonchev–Trinajstić information content (AvgIpc) is 3.43. The molecule has 0 unspecified atom stereocenters. The third-order valence-corrected chi connectivity index (χ3v) is 5.50. The number of amides is 2. The normalized spacial score (nSPS) is 11.2. The molecular formula is C30H38ClN3O8. The van der Waals surface area contributed by atoms with Gasteiger partial charge in [-0.1, -0.05) is 67.5 Å². The number of carbonyl (C=O) groups is 5. The number of nitrogens with one attached hydrogen (secondary N) is 1. The van der Waals surface area contributed by atoms with Crippen LogP contribution in [0.4, 0.5) is 0 Å². The number of halogens is 1. The van der Waals surface area contributed by atoms with E-state index in [1.54, 1.807) is 24.3 Å². The van der Waals surface area contributed by atoms with Crippen LogP contribution in [-0.2, 0) is 35.1 Å². The van der Waals surface area contributed by atoms with Crippen molar-refractivity contribution in [3.05, 3.63) is 77.2 Å². The van der Waals surface area contributed by atoms with E-state index in [0.717, 1.165) is 11.1 Å². The molecule has 1 aromatic heterocycles. The van der Waals surface area contributed by atoms with Gasteiger partial charge in [0.1, 0.15) is 11.5 Å². The van der Waals surface area contributed by atoms with E-state index in [9.17, 15) is 19.2 Å². The smallest absolute Gasteiger partial charge is 0.293 e. The molecule has 0 radical (unpaired) electrons. The van der Waals surface area contributed by atoms with E-state index < -0.39 is 11.9 Å². The molecule has 0 spiro atoms. The Hall–Kier alpha value is -4.51. The summed E-state index contributed by atoms with van der Waals surface area (Å²) in [5, 5.41) is 14.2. The van der Waals surface area contributed by atoms with Gasteiger partial charge in [-0.3, -0.25) is 24.0 Å². The third-order valence-electron chi connectivity index (χ3n) is 5.26. The van der Waals surface area contributed by atoms with Crippen LogP contribution in [0.25, 0.3) is 11.6 Å². The van der Waals surface area contributed by atoms with Crippen LogP contribution in [0, 0.1) is 0 Å². The minimum atomic E-state index is -0.805. The summed E-state index contributed by atoms with van der Waals surface area (Å²) in [6.45, 7) is 8.02. The molecule has 42 heavy (non-hydrogen) atoms. The fourth-order valence-corrected chi connectivity index (χ4v) is 3.57. The molecule has 228 valence electrons. The number of nitrogens with zero attached hydrogens (tertiary/aromatic N) is 1. The van der Waals surface area contributed by atoms with Gasteiger partial charge in [-0.15, -0.1) is 0 Å². The van der Waals surface area contributed by atoms with Gasteiger partial charge < -0.3 is 25.4 Å². The van der Waals surface area contributed by atoms with Crippen LogP contribution in [0.1, 0.15) is 63.0 Å². The number of carboxylic acid groups (broad SMARTS) is 1. The average molecular weight is 604 g/mol. The molecule has 0 aliphatic carbocycles. The summed E-state index contributed by atoms with van der Waals surface area (Å²) >= 11 is 6.05. The molecule has 0 bridgehead atoms. The quantitative estimate of drug-likeness (QED) is 0.133. The van der Waals surface area contributed by atoms with E-state index >= 15 is 0 Å². The van der Waals surface area contributed by atoms with Crippen molar-refractivity contribution in [2.75, 3.05) is 6.61 Å². The number of allylic oxidation sites excluding steroid dienone is 4. The van der Waals surface area contributed by atoms with Crippen molar-refractivity contribution in [3.63, 3.8) is 0 Å². The molecule has 2 rings (SSSR count). The molecule has 1 heterocycles. The monoisotopic (exact) mass is 603 g/mol. The molecule has 2 aromatic rings. The van der Waals surface area contributed by atoms with Crippen LogP contribution < -0.4 is 11.1 Å². The number of aryl methyl sites for hydroxylation is 1. The van der Waals surface area contributed by atoms with Crippen molar-refractivity contribution in [2.45, 2.75) is 58.4 Å². The summed E-state index contributed by atoms with van der Waals surface area (Å²) in [7, 11) is 0. The van der Waals surface area contributed by atoms with Crippen molar-refractivity contribution >= 4 is 53.8 Å². The molecule has 0 aliphatic heterocycles. The molecule has 4 N–H and O–H groups in total. The van der Waals surface area contributed by atoms with Crippen LogP contribution in [0.3, 0.4) is 0 Å². The van der Waals surface area contributed by atoms with Crippen LogP contribution in [-0.4, -0.2) is 53.5 Å². The number of aromatic nitrogens is 1. The van der Waals surface area contributed by atoms with Crippen molar-refractivity contribution in [2.24, 2.45) is 5.73 Å². The summed E-state index contributed by atoms with van der Waals surface area (Å²) in [5.41, 5.74) is 7.51. The van der Waals surface area contributed by atoms with Gasteiger partial charge in [0.2, 0.25) is 11.8 Å². The number of rotatable bonds is 17. The fourth-order valence-electron chi connectivity index (χ4n) is 3.38. The van der Waals surface area contributed by atoms with Crippen LogP contribution in [0.2, 0.25) is 5.02 Å². The van der Waals surface area contributed by atoms with Crippen LogP contribution in [0.5, 0.6) is 0 Å². The lowest BCUT2D eigenvalue weighted by Gasteiger charge is -2.17. The highest BCUT2D eigenvalue weighted by Crippen LogP contribution is 2.20. The molecule has 2 amide bonds. The van der Waals surface area contributed by atoms with Gasteiger partial charge in [0.05, 0.1) is 12.6 Å². The number of ether oxygens (including phenoxy) is 1. The molecular weight excluding hydrogens is 566 g/mol. The summed E-state index contributed by atoms with van der Waals surface area (Å²) in [4.78, 5) is 54.5. The number of benzene rings is 1. The first-order valence-electron chi connectivity index (χ1n) is 13.2. The molecule has 1 atom stereocenters. The molecule has 0 saturated carbocycles. The summed E-state index contributed by atoms with van der Waals surface area (Å²) in [5.74, 6) is -0.760. The van der Waals surface area contributed by atoms with Gasteiger partial charge in [0.25, 0.3) is 12.9 Å². The summed E-state index contributed by atoms with van der Waals surface area (Å²) < 4.78 is 9.93. The lowest BCUT2D eigenvalue weighted by atomic mass is 10.0. The molecule has 0 fully saturated rings. The number of primary amides is 1. The van der Waals surface area contributed by atoms with Crippen molar-refractivity contribution in [1.82, 2.24) is 10.5 Å². The SMILES string of the molecule is C=C/C(=C\C=C\c1cc(CCC(=O)N[C@@H](CCCOC=O)C(=O)CCC(N)=O)on1)c1cccc(Cl)c1.CC.O=CO. The Kier molecular flexibility index (Phi) is 20.7. The molecule has 0 aliphatic rings. The number of ketones is 1. The van der Waals surface area contributed by atoms with Gasteiger partial charge >= 0.3 is 0 Å². The number of hydrogen-bond acceptors (Lipinski definition) is 8. The first kappa shape index (κ1) is 37.5. The topological polar surface area (TPSA) is 179 Å². The second-order valence-electron chi connectivity index (χ2n) is 8.18. The predicted octanol–water partition coefficient (Wildman–Crippen LogP) is 4.54. The second kappa shape index (κ2) is 23.2.